The Kier molecular flexibility index (Phi) is 4.79. The number of hydrogen-bond acceptors (Lipinski definition) is 2. The van der Waals surface area contributed by atoms with Crippen molar-refractivity contribution in [3.05, 3.63) is 88.0 Å². The molecule has 0 aliphatic rings. The summed E-state index contributed by atoms with van der Waals surface area (Å²) >= 11 is 1.58. The van der Waals surface area contributed by atoms with Gasteiger partial charge in [-0.15, -0.1) is 11.3 Å². The molecule has 0 saturated heterocycles. The zero-order valence-electron chi connectivity index (χ0n) is 12.7. The Morgan fingerprint density at radius 3 is 2.52 bits per heavy atom. The molecule has 114 valence electrons. The molecule has 2 aromatic carbocycles. The summed E-state index contributed by atoms with van der Waals surface area (Å²) < 4.78 is 13.0. The first kappa shape index (κ1) is 15.4. The van der Waals surface area contributed by atoms with Crippen molar-refractivity contribution in [1.29, 1.82) is 0 Å². The lowest BCUT2D eigenvalue weighted by Gasteiger charge is -1.95. The highest BCUT2D eigenvalue weighted by Gasteiger charge is 2.02. The molecule has 0 fully saturated rings. The molecule has 0 radical (unpaired) electrons. The number of rotatable bonds is 4. The lowest BCUT2D eigenvalue weighted by atomic mass is 10.1. The minimum atomic E-state index is -0.231. The number of halogens is 1. The SMILES string of the molecule is CC(/C=C/c1nc(-c2ccc(F)cc2)cs1)=C\c1ccccc1. The van der Waals surface area contributed by atoms with Crippen LogP contribution in [0.25, 0.3) is 23.4 Å². The van der Waals surface area contributed by atoms with E-state index in [1.807, 2.05) is 29.7 Å². The number of thiazole rings is 1. The van der Waals surface area contributed by atoms with E-state index in [-0.39, 0.29) is 5.82 Å². The predicted molar refractivity (Wildman–Crippen MR) is 96.6 cm³/mol. The van der Waals surface area contributed by atoms with E-state index >= 15 is 0 Å². The molecule has 0 N–H and O–H groups in total. The average molecular weight is 321 g/mol. The Morgan fingerprint density at radius 1 is 1.04 bits per heavy atom. The molecule has 0 amide bonds. The normalized spacial score (nSPS) is 12.0. The maximum atomic E-state index is 13.0. The lowest BCUT2D eigenvalue weighted by Crippen LogP contribution is -1.79. The highest BCUT2D eigenvalue weighted by atomic mass is 32.1. The molecule has 3 aromatic rings. The van der Waals surface area contributed by atoms with Crippen LogP contribution in [-0.2, 0) is 0 Å². The van der Waals surface area contributed by atoms with Crippen LogP contribution in [0.15, 0.2) is 71.6 Å². The van der Waals surface area contributed by atoms with E-state index in [2.05, 4.69) is 36.2 Å². The first-order valence-electron chi connectivity index (χ1n) is 7.33. The van der Waals surface area contributed by atoms with Gasteiger partial charge in [-0.25, -0.2) is 9.37 Å². The van der Waals surface area contributed by atoms with Gasteiger partial charge in [-0.2, -0.15) is 0 Å². The Labute approximate surface area is 139 Å². The van der Waals surface area contributed by atoms with Crippen LogP contribution in [0.3, 0.4) is 0 Å². The van der Waals surface area contributed by atoms with Crippen molar-refractivity contribution >= 4 is 23.5 Å². The fraction of sp³-hybridized carbons (Fsp3) is 0.0500. The van der Waals surface area contributed by atoms with Crippen molar-refractivity contribution in [3.63, 3.8) is 0 Å². The van der Waals surface area contributed by atoms with Gasteiger partial charge in [0.1, 0.15) is 10.8 Å². The summed E-state index contributed by atoms with van der Waals surface area (Å²) in [6.45, 7) is 2.07. The zero-order chi connectivity index (χ0) is 16.1. The van der Waals surface area contributed by atoms with Crippen molar-refractivity contribution in [3.8, 4) is 11.3 Å². The summed E-state index contributed by atoms with van der Waals surface area (Å²) in [5, 5.41) is 2.92. The molecule has 0 spiro atoms. The number of aromatic nitrogens is 1. The molecule has 0 unspecified atom stereocenters. The van der Waals surface area contributed by atoms with Crippen LogP contribution in [-0.4, -0.2) is 4.98 Å². The number of nitrogens with zero attached hydrogens (tertiary/aromatic N) is 1. The predicted octanol–water partition coefficient (Wildman–Crippen LogP) is 6.07. The van der Waals surface area contributed by atoms with E-state index in [4.69, 9.17) is 0 Å². The van der Waals surface area contributed by atoms with E-state index in [0.29, 0.717) is 0 Å². The highest BCUT2D eigenvalue weighted by molar-refractivity contribution is 7.10. The summed E-state index contributed by atoms with van der Waals surface area (Å²) in [6.07, 6.45) is 6.19. The average Bonchev–Trinajstić information content (AvgIpc) is 3.04. The third kappa shape index (κ3) is 4.24. The Morgan fingerprint density at radius 2 is 1.78 bits per heavy atom. The number of allylic oxidation sites excluding steroid dienone is 2. The molecule has 1 aromatic heterocycles. The smallest absolute Gasteiger partial charge is 0.123 e. The summed E-state index contributed by atoms with van der Waals surface area (Å²) in [6, 6.07) is 16.6. The van der Waals surface area contributed by atoms with Gasteiger partial charge in [-0.05, 0) is 42.8 Å². The second-order valence-electron chi connectivity index (χ2n) is 5.21. The fourth-order valence-electron chi connectivity index (χ4n) is 2.18. The number of benzene rings is 2. The summed E-state index contributed by atoms with van der Waals surface area (Å²) in [7, 11) is 0. The van der Waals surface area contributed by atoms with Gasteiger partial charge in [0, 0.05) is 10.9 Å². The molecule has 0 saturated carbocycles. The third-order valence-corrected chi connectivity index (χ3v) is 4.15. The van der Waals surface area contributed by atoms with E-state index in [0.717, 1.165) is 21.8 Å². The van der Waals surface area contributed by atoms with E-state index in [1.54, 1.807) is 23.5 Å². The van der Waals surface area contributed by atoms with Gasteiger partial charge in [0.25, 0.3) is 0 Å². The maximum absolute atomic E-state index is 13.0. The van der Waals surface area contributed by atoms with E-state index < -0.39 is 0 Å². The Balaban J connectivity index is 1.73. The second-order valence-corrected chi connectivity index (χ2v) is 6.10. The van der Waals surface area contributed by atoms with Gasteiger partial charge in [0.05, 0.1) is 5.69 Å². The molecule has 0 aliphatic carbocycles. The van der Waals surface area contributed by atoms with Gasteiger partial charge < -0.3 is 0 Å². The Bertz CT molecular complexity index is 830. The van der Waals surface area contributed by atoms with Crippen molar-refractivity contribution in [2.75, 3.05) is 0 Å². The van der Waals surface area contributed by atoms with Crippen molar-refractivity contribution in [2.24, 2.45) is 0 Å². The Hall–Kier alpha value is -2.52. The molecule has 0 atom stereocenters. The fourth-order valence-corrected chi connectivity index (χ4v) is 2.90. The molecule has 3 heteroatoms. The first-order valence-corrected chi connectivity index (χ1v) is 8.21. The topological polar surface area (TPSA) is 12.9 Å². The minimum absolute atomic E-state index is 0.231. The van der Waals surface area contributed by atoms with Gasteiger partial charge >= 0.3 is 0 Å². The highest BCUT2D eigenvalue weighted by Crippen LogP contribution is 2.23. The van der Waals surface area contributed by atoms with Crippen LogP contribution in [0, 0.1) is 5.82 Å². The third-order valence-electron chi connectivity index (χ3n) is 3.34. The van der Waals surface area contributed by atoms with Crippen LogP contribution >= 0.6 is 11.3 Å². The van der Waals surface area contributed by atoms with Gasteiger partial charge in [0.15, 0.2) is 0 Å². The van der Waals surface area contributed by atoms with Crippen LogP contribution in [0.2, 0.25) is 0 Å². The minimum Gasteiger partial charge on any atom is -0.237 e. The molecular weight excluding hydrogens is 305 g/mol. The molecule has 0 aliphatic heterocycles. The lowest BCUT2D eigenvalue weighted by molar-refractivity contribution is 0.628. The zero-order valence-corrected chi connectivity index (χ0v) is 13.6. The van der Waals surface area contributed by atoms with Crippen molar-refractivity contribution in [2.45, 2.75) is 6.92 Å². The summed E-state index contributed by atoms with van der Waals surface area (Å²) in [5.41, 5.74) is 4.15. The van der Waals surface area contributed by atoms with Gasteiger partial charge in [-0.3, -0.25) is 0 Å². The van der Waals surface area contributed by atoms with E-state index in [1.165, 1.54) is 17.7 Å². The molecule has 3 rings (SSSR count). The van der Waals surface area contributed by atoms with Crippen LogP contribution < -0.4 is 0 Å². The quantitative estimate of drug-likeness (QED) is 0.532. The monoisotopic (exact) mass is 321 g/mol. The molecular formula is C20H16FNS. The molecule has 23 heavy (non-hydrogen) atoms. The molecule has 1 nitrogen and oxygen atoms in total. The van der Waals surface area contributed by atoms with Crippen LogP contribution in [0.5, 0.6) is 0 Å². The van der Waals surface area contributed by atoms with Crippen molar-refractivity contribution < 1.29 is 4.39 Å². The largest absolute Gasteiger partial charge is 0.237 e. The van der Waals surface area contributed by atoms with E-state index in [9.17, 15) is 4.39 Å². The summed E-state index contributed by atoms with van der Waals surface area (Å²) in [4.78, 5) is 4.57. The van der Waals surface area contributed by atoms with Gasteiger partial charge in [-0.1, -0.05) is 48.1 Å². The number of hydrogen-bond donors (Lipinski definition) is 0. The van der Waals surface area contributed by atoms with Crippen LogP contribution in [0.1, 0.15) is 17.5 Å². The standard InChI is InChI=1S/C20H16FNS/c1-15(13-16-5-3-2-4-6-16)7-12-20-22-19(14-23-20)17-8-10-18(21)11-9-17/h2-14H,1H3/b12-7+,15-13+. The van der Waals surface area contributed by atoms with Gasteiger partial charge in [0.2, 0.25) is 0 Å². The second kappa shape index (κ2) is 7.16. The van der Waals surface area contributed by atoms with Crippen molar-refractivity contribution in [1.82, 2.24) is 4.98 Å². The maximum Gasteiger partial charge on any atom is 0.123 e. The summed E-state index contributed by atoms with van der Waals surface area (Å²) in [5.74, 6) is -0.231. The molecule has 0 bridgehead atoms. The molecule has 1 heterocycles. The van der Waals surface area contributed by atoms with Crippen LogP contribution in [0.4, 0.5) is 4.39 Å². The first-order chi connectivity index (χ1) is 11.2.